The minimum absolute atomic E-state index is 0. The highest BCUT2D eigenvalue weighted by Gasteiger charge is 2.18. The van der Waals surface area contributed by atoms with Gasteiger partial charge >= 0.3 is 0 Å². The first-order valence-electron chi connectivity index (χ1n) is 7.02. The Labute approximate surface area is 141 Å². The van der Waals surface area contributed by atoms with Gasteiger partial charge in [0.1, 0.15) is 11.8 Å². The molecule has 0 radical (unpaired) electrons. The first-order chi connectivity index (χ1) is 10.5. The number of nitrogens with one attached hydrogen (secondary N) is 1. The van der Waals surface area contributed by atoms with E-state index in [4.69, 9.17) is 15.0 Å². The van der Waals surface area contributed by atoms with Gasteiger partial charge in [0.05, 0.1) is 7.11 Å². The van der Waals surface area contributed by atoms with E-state index >= 15 is 0 Å². The fraction of sp³-hybridized carbons (Fsp3) is 0.400. The van der Waals surface area contributed by atoms with Crippen molar-refractivity contribution in [1.29, 1.82) is 0 Å². The summed E-state index contributed by atoms with van der Waals surface area (Å²) in [5.41, 5.74) is 6.37. The van der Waals surface area contributed by atoms with E-state index in [1.165, 1.54) is 0 Å². The second kappa shape index (κ2) is 8.50. The van der Waals surface area contributed by atoms with Gasteiger partial charge in [0.2, 0.25) is 17.6 Å². The fourth-order valence-electron chi connectivity index (χ4n) is 1.95. The third-order valence-electron chi connectivity index (χ3n) is 3.02. The summed E-state index contributed by atoms with van der Waals surface area (Å²) in [5.74, 6) is 1.35. The summed E-state index contributed by atoms with van der Waals surface area (Å²) in [4.78, 5) is 16.0. The maximum atomic E-state index is 11.7. The second-order valence-corrected chi connectivity index (χ2v) is 5.16. The van der Waals surface area contributed by atoms with Crippen LogP contribution < -0.4 is 15.8 Å². The highest BCUT2D eigenvalue weighted by Crippen LogP contribution is 2.22. The standard InChI is InChI=1S/C15H20N4O3.ClH/c1-9(16)7-13(20)17-10(2)15-18-14(19-22-15)11-5-4-6-12(8-11)21-3;/h4-6,8-10H,7,16H2,1-3H3,(H,17,20);1H. The van der Waals surface area contributed by atoms with Gasteiger partial charge in [0.15, 0.2) is 0 Å². The summed E-state index contributed by atoms with van der Waals surface area (Å²) in [6, 6.07) is 6.78. The molecule has 126 valence electrons. The molecule has 0 saturated heterocycles. The van der Waals surface area contributed by atoms with E-state index in [2.05, 4.69) is 15.5 Å². The number of amides is 1. The maximum Gasteiger partial charge on any atom is 0.249 e. The van der Waals surface area contributed by atoms with Crippen LogP contribution in [0.5, 0.6) is 5.75 Å². The van der Waals surface area contributed by atoms with Crippen LogP contribution in [0, 0.1) is 0 Å². The predicted molar refractivity (Wildman–Crippen MR) is 88.4 cm³/mol. The quantitative estimate of drug-likeness (QED) is 0.834. The molecule has 3 N–H and O–H groups in total. The van der Waals surface area contributed by atoms with Gasteiger partial charge in [0, 0.05) is 18.0 Å². The number of carbonyl (C=O) groups is 1. The number of halogens is 1. The third-order valence-corrected chi connectivity index (χ3v) is 3.02. The molecule has 2 atom stereocenters. The van der Waals surface area contributed by atoms with E-state index in [1.54, 1.807) is 21.0 Å². The van der Waals surface area contributed by atoms with Crippen LogP contribution in [-0.4, -0.2) is 29.2 Å². The molecule has 7 nitrogen and oxygen atoms in total. The highest BCUT2D eigenvalue weighted by atomic mass is 35.5. The Balaban J connectivity index is 0.00000264. The van der Waals surface area contributed by atoms with Gasteiger partial charge in [-0.1, -0.05) is 17.3 Å². The molecule has 1 amide bonds. The van der Waals surface area contributed by atoms with E-state index in [1.807, 2.05) is 24.3 Å². The molecule has 2 aromatic rings. The van der Waals surface area contributed by atoms with Crippen molar-refractivity contribution >= 4 is 18.3 Å². The van der Waals surface area contributed by atoms with Crippen LogP contribution in [0.4, 0.5) is 0 Å². The minimum Gasteiger partial charge on any atom is -0.497 e. The van der Waals surface area contributed by atoms with Crippen molar-refractivity contribution in [3.8, 4) is 17.1 Å². The van der Waals surface area contributed by atoms with Crippen LogP contribution in [-0.2, 0) is 4.79 Å². The van der Waals surface area contributed by atoms with Crippen molar-refractivity contribution in [2.75, 3.05) is 7.11 Å². The van der Waals surface area contributed by atoms with Crippen LogP contribution in [0.15, 0.2) is 28.8 Å². The number of hydrogen-bond acceptors (Lipinski definition) is 6. The largest absolute Gasteiger partial charge is 0.497 e. The average Bonchev–Trinajstić information content (AvgIpc) is 2.96. The van der Waals surface area contributed by atoms with E-state index in [9.17, 15) is 4.79 Å². The van der Waals surface area contributed by atoms with E-state index < -0.39 is 0 Å². The molecule has 2 unspecified atom stereocenters. The van der Waals surface area contributed by atoms with Crippen LogP contribution >= 0.6 is 12.4 Å². The lowest BCUT2D eigenvalue weighted by Gasteiger charge is -2.10. The minimum atomic E-state index is -0.377. The lowest BCUT2D eigenvalue weighted by molar-refractivity contribution is -0.122. The molecule has 1 aromatic heterocycles. The van der Waals surface area contributed by atoms with Crippen molar-refractivity contribution in [3.63, 3.8) is 0 Å². The van der Waals surface area contributed by atoms with E-state index in [-0.39, 0.29) is 36.8 Å². The van der Waals surface area contributed by atoms with Crippen molar-refractivity contribution in [2.45, 2.75) is 32.4 Å². The number of benzene rings is 1. The lowest BCUT2D eigenvalue weighted by Crippen LogP contribution is -2.31. The summed E-state index contributed by atoms with van der Waals surface area (Å²) >= 11 is 0. The summed E-state index contributed by atoms with van der Waals surface area (Å²) < 4.78 is 10.4. The summed E-state index contributed by atoms with van der Waals surface area (Å²) in [6.45, 7) is 3.56. The molecular formula is C15H21ClN4O3. The van der Waals surface area contributed by atoms with Crippen LogP contribution in [0.1, 0.15) is 32.2 Å². The van der Waals surface area contributed by atoms with Gasteiger partial charge in [0.25, 0.3) is 0 Å². The Morgan fingerprint density at radius 2 is 2.17 bits per heavy atom. The Kier molecular flexibility index (Phi) is 6.99. The van der Waals surface area contributed by atoms with E-state index in [0.29, 0.717) is 17.5 Å². The lowest BCUT2D eigenvalue weighted by atomic mass is 10.2. The fourth-order valence-corrected chi connectivity index (χ4v) is 1.95. The average molecular weight is 341 g/mol. The number of carbonyl (C=O) groups excluding carboxylic acids is 1. The number of aromatic nitrogens is 2. The number of nitrogens with two attached hydrogens (primary N) is 1. The molecule has 23 heavy (non-hydrogen) atoms. The monoisotopic (exact) mass is 340 g/mol. The van der Waals surface area contributed by atoms with Crippen molar-refractivity contribution in [2.24, 2.45) is 5.73 Å². The summed E-state index contributed by atoms with van der Waals surface area (Å²) in [6.07, 6.45) is 0.251. The molecule has 0 aliphatic rings. The number of methoxy groups -OCH3 is 1. The molecule has 1 aromatic carbocycles. The van der Waals surface area contributed by atoms with Crippen molar-refractivity contribution in [1.82, 2.24) is 15.5 Å². The molecule has 0 spiro atoms. The third kappa shape index (κ3) is 5.22. The number of hydrogen-bond donors (Lipinski definition) is 2. The van der Waals surface area contributed by atoms with Crippen molar-refractivity contribution in [3.05, 3.63) is 30.2 Å². The first-order valence-corrected chi connectivity index (χ1v) is 7.02. The normalized spacial score (nSPS) is 12.9. The maximum absolute atomic E-state index is 11.7. The highest BCUT2D eigenvalue weighted by molar-refractivity contribution is 5.85. The summed E-state index contributed by atoms with van der Waals surface area (Å²) in [7, 11) is 1.59. The number of rotatable bonds is 6. The Morgan fingerprint density at radius 1 is 1.43 bits per heavy atom. The molecule has 0 saturated carbocycles. The van der Waals surface area contributed by atoms with Crippen LogP contribution in [0.25, 0.3) is 11.4 Å². The van der Waals surface area contributed by atoms with Gasteiger partial charge in [-0.3, -0.25) is 4.79 Å². The molecule has 1 heterocycles. The topological polar surface area (TPSA) is 103 Å². The zero-order valence-corrected chi connectivity index (χ0v) is 14.1. The number of nitrogens with zero attached hydrogens (tertiary/aromatic N) is 2. The van der Waals surface area contributed by atoms with Gasteiger partial charge in [-0.2, -0.15) is 4.98 Å². The SMILES string of the molecule is COc1cccc(-c2noc(C(C)NC(=O)CC(C)N)n2)c1.Cl. The molecule has 8 heteroatoms. The molecule has 0 bridgehead atoms. The molecule has 0 aliphatic heterocycles. The van der Waals surface area contributed by atoms with Crippen molar-refractivity contribution < 1.29 is 14.1 Å². The van der Waals surface area contributed by atoms with Crippen LogP contribution in [0.3, 0.4) is 0 Å². The van der Waals surface area contributed by atoms with Gasteiger partial charge < -0.3 is 20.3 Å². The Hall–Kier alpha value is -2.12. The second-order valence-electron chi connectivity index (χ2n) is 5.16. The summed E-state index contributed by atoms with van der Waals surface area (Å²) in [5, 5.41) is 6.71. The van der Waals surface area contributed by atoms with Gasteiger partial charge in [-0.25, -0.2) is 0 Å². The Morgan fingerprint density at radius 3 is 2.83 bits per heavy atom. The number of ether oxygens (including phenoxy) is 1. The molecular weight excluding hydrogens is 320 g/mol. The molecule has 0 fully saturated rings. The van der Waals surface area contributed by atoms with Gasteiger partial charge in [-0.15, -0.1) is 12.4 Å². The smallest absolute Gasteiger partial charge is 0.249 e. The molecule has 2 rings (SSSR count). The zero-order valence-electron chi connectivity index (χ0n) is 13.3. The predicted octanol–water partition coefficient (Wildman–Crippen LogP) is 2.08. The van der Waals surface area contributed by atoms with E-state index in [0.717, 1.165) is 5.56 Å². The zero-order chi connectivity index (χ0) is 16.1. The molecule has 0 aliphatic carbocycles. The first kappa shape index (κ1) is 18.9. The Bertz CT molecular complexity index is 645. The van der Waals surface area contributed by atoms with Gasteiger partial charge in [-0.05, 0) is 26.0 Å². The van der Waals surface area contributed by atoms with Crippen LogP contribution in [0.2, 0.25) is 0 Å².